The molecular formula is C18H37NO. The second-order valence-electron chi connectivity index (χ2n) is 6.39. The lowest BCUT2D eigenvalue weighted by Gasteiger charge is -2.25. The first-order valence-corrected chi connectivity index (χ1v) is 9.09. The topological polar surface area (TPSA) is 29.4 Å². The van der Waals surface area contributed by atoms with Gasteiger partial charge in [0.1, 0.15) is 5.54 Å². The zero-order valence-electron chi connectivity index (χ0n) is 14.3. The Bertz CT molecular complexity index is 209. The molecule has 0 atom stereocenters. The van der Waals surface area contributed by atoms with Gasteiger partial charge in [-0.25, -0.2) is 0 Å². The molecule has 2 nitrogen and oxygen atoms in total. The van der Waals surface area contributed by atoms with Crippen molar-refractivity contribution >= 4 is 0 Å². The number of unbranched alkanes of at least 4 members (excludes halogenated alkanes) is 8. The summed E-state index contributed by atoms with van der Waals surface area (Å²) in [6, 6.07) is 0. The summed E-state index contributed by atoms with van der Waals surface area (Å²) in [4.78, 5) is 11.2. The highest BCUT2D eigenvalue weighted by Crippen LogP contribution is 2.30. The molecular weight excluding hydrogens is 246 g/mol. The molecule has 0 spiro atoms. The Kier molecular flexibility index (Phi) is 13.3. The number of nitrogens with zero attached hydrogens (tertiary/aromatic N) is 1. The molecule has 0 N–H and O–H groups in total. The fourth-order valence-corrected chi connectivity index (χ4v) is 3.21. The lowest BCUT2D eigenvalue weighted by Crippen LogP contribution is -2.25. The molecule has 0 aliphatic heterocycles. The lowest BCUT2D eigenvalue weighted by atomic mass is 9.84. The Morgan fingerprint density at radius 1 is 0.600 bits per heavy atom. The Morgan fingerprint density at radius 3 is 1.45 bits per heavy atom. The molecule has 0 radical (unpaired) electrons. The van der Waals surface area contributed by atoms with E-state index >= 15 is 0 Å². The third-order valence-corrected chi connectivity index (χ3v) is 4.37. The fourth-order valence-electron chi connectivity index (χ4n) is 3.21. The van der Waals surface area contributed by atoms with Gasteiger partial charge in [-0.1, -0.05) is 96.6 Å². The van der Waals surface area contributed by atoms with Crippen LogP contribution < -0.4 is 0 Å². The van der Waals surface area contributed by atoms with E-state index in [-0.39, 0.29) is 5.54 Å². The molecule has 0 bridgehead atoms. The summed E-state index contributed by atoms with van der Waals surface area (Å²) in [6.45, 7) is 6.58. The normalized spacial score (nSPS) is 11.8. The van der Waals surface area contributed by atoms with E-state index in [1.54, 1.807) is 0 Å². The lowest BCUT2D eigenvalue weighted by molar-refractivity contribution is 0.320. The fraction of sp³-hybridized carbons (Fsp3) is 1.00. The van der Waals surface area contributed by atoms with Crippen LogP contribution in [0.5, 0.6) is 0 Å². The van der Waals surface area contributed by atoms with Gasteiger partial charge in [0.2, 0.25) is 0 Å². The summed E-state index contributed by atoms with van der Waals surface area (Å²) in [6.07, 6.45) is 17.2. The van der Waals surface area contributed by atoms with Crippen LogP contribution in [0.15, 0.2) is 5.18 Å². The van der Waals surface area contributed by atoms with E-state index in [1.165, 1.54) is 57.8 Å². The molecule has 0 heterocycles. The van der Waals surface area contributed by atoms with Crippen LogP contribution >= 0.6 is 0 Å². The van der Waals surface area contributed by atoms with Crippen LogP contribution in [-0.2, 0) is 0 Å². The van der Waals surface area contributed by atoms with Gasteiger partial charge < -0.3 is 0 Å². The van der Waals surface area contributed by atoms with Gasteiger partial charge in [-0.05, 0) is 19.3 Å². The zero-order chi connectivity index (χ0) is 15.1. The average Bonchev–Trinajstić information content (AvgIpc) is 2.46. The predicted molar refractivity (Wildman–Crippen MR) is 90.2 cm³/mol. The highest BCUT2D eigenvalue weighted by atomic mass is 16.3. The van der Waals surface area contributed by atoms with Crippen LogP contribution in [0.1, 0.15) is 111 Å². The van der Waals surface area contributed by atoms with Crippen molar-refractivity contribution in [2.45, 2.75) is 116 Å². The highest BCUT2D eigenvalue weighted by molar-refractivity contribution is 4.86. The first kappa shape index (κ1) is 19.6. The van der Waals surface area contributed by atoms with Crippen LogP contribution in [-0.4, -0.2) is 5.54 Å². The smallest absolute Gasteiger partial charge is 0.103 e. The molecule has 0 amide bonds. The summed E-state index contributed by atoms with van der Waals surface area (Å²) in [5.41, 5.74) is -0.245. The van der Waals surface area contributed by atoms with Gasteiger partial charge in [-0.15, -0.1) is 0 Å². The van der Waals surface area contributed by atoms with Gasteiger partial charge in [-0.2, -0.15) is 4.91 Å². The second-order valence-corrected chi connectivity index (χ2v) is 6.39. The molecule has 0 fully saturated rings. The molecule has 0 aliphatic carbocycles. The third-order valence-electron chi connectivity index (χ3n) is 4.37. The summed E-state index contributed by atoms with van der Waals surface area (Å²) in [5, 5.41) is 3.52. The molecule has 0 saturated heterocycles. The van der Waals surface area contributed by atoms with Gasteiger partial charge in [-0.3, -0.25) is 0 Å². The van der Waals surface area contributed by atoms with Crippen LogP contribution in [0.25, 0.3) is 0 Å². The van der Waals surface area contributed by atoms with E-state index < -0.39 is 0 Å². The van der Waals surface area contributed by atoms with Crippen molar-refractivity contribution in [1.82, 2.24) is 0 Å². The van der Waals surface area contributed by atoms with Crippen molar-refractivity contribution in [3.63, 3.8) is 0 Å². The van der Waals surface area contributed by atoms with Crippen molar-refractivity contribution in [3.05, 3.63) is 4.91 Å². The molecule has 0 saturated carbocycles. The van der Waals surface area contributed by atoms with E-state index in [0.29, 0.717) is 0 Å². The number of hydrogen-bond donors (Lipinski definition) is 0. The van der Waals surface area contributed by atoms with E-state index in [1.807, 2.05) is 0 Å². The van der Waals surface area contributed by atoms with Crippen molar-refractivity contribution in [1.29, 1.82) is 0 Å². The van der Waals surface area contributed by atoms with E-state index in [0.717, 1.165) is 32.1 Å². The maximum absolute atomic E-state index is 11.2. The van der Waals surface area contributed by atoms with Gasteiger partial charge in [0, 0.05) is 0 Å². The molecule has 0 rings (SSSR count). The number of rotatable bonds is 15. The average molecular weight is 283 g/mol. The highest BCUT2D eigenvalue weighted by Gasteiger charge is 2.28. The minimum absolute atomic E-state index is 0.245. The Morgan fingerprint density at radius 2 is 1.05 bits per heavy atom. The van der Waals surface area contributed by atoms with Crippen LogP contribution in [0.4, 0.5) is 0 Å². The maximum atomic E-state index is 11.2. The third kappa shape index (κ3) is 9.50. The SMILES string of the molecule is CCCCCCCCCCCC(CCC)(CCC)N=O. The molecule has 0 aromatic rings. The Hall–Kier alpha value is -0.400. The largest absolute Gasteiger partial charge is 0.150 e. The maximum Gasteiger partial charge on any atom is 0.103 e. The van der Waals surface area contributed by atoms with E-state index in [2.05, 4.69) is 25.9 Å². The van der Waals surface area contributed by atoms with Crippen molar-refractivity contribution < 1.29 is 0 Å². The summed E-state index contributed by atoms with van der Waals surface area (Å²) < 4.78 is 0. The summed E-state index contributed by atoms with van der Waals surface area (Å²) >= 11 is 0. The van der Waals surface area contributed by atoms with Crippen molar-refractivity contribution in [2.75, 3.05) is 0 Å². The van der Waals surface area contributed by atoms with Crippen LogP contribution in [0.3, 0.4) is 0 Å². The van der Waals surface area contributed by atoms with Crippen molar-refractivity contribution in [3.8, 4) is 0 Å². The summed E-state index contributed by atoms with van der Waals surface area (Å²) in [5.74, 6) is 0. The van der Waals surface area contributed by atoms with Gasteiger partial charge in [0.25, 0.3) is 0 Å². The Labute approximate surface area is 127 Å². The van der Waals surface area contributed by atoms with Gasteiger partial charge >= 0.3 is 0 Å². The minimum Gasteiger partial charge on any atom is -0.150 e. The van der Waals surface area contributed by atoms with Crippen LogP contribution in [0.2, 0.25) is 0 Å². The van der Waals surface area contributed by atoms with E-state index in [4.69, 9.17) is 0 Å². The monoisotopic (exact) mass is 283 g/mol. The molecule has 0 aromatic heterocycles. The minimum atomic E-state index is -0.245. The van der Waals surface area contributed by atoms with Gasteiger partial charge in [0.05, 0.1) is 0 Å². The zero-order valence-corrected chi connectivity index (χ0v) is 14.3. The molecule has 20 heavy (non-hydrogen) atoms. The number of hydrogen-bond acceptors (Lipinski definition) is 2. The first-order chi connectivity index (χ1) is 9.74. The van der Waals surface area contributed by atoms with Crippen LogP contribution in [0, 0.1) is 4.91 Å². The van der Waals surface area contributed by atoms with Crippen molar-refractivity contribution in [2.24, 2.45) is 5.18 Å². The first-order valence-electron chi connectivity index (χ1n) is 9.09. The molecule has 0 unspecified atom stereocenters. The molecule has 0 aromatic carbocycles. The quantitative estimate of drug-likeness (QED) is 0.235. The second kappa shape index (κ2) is 13.6. The summed E-state index contributed by atoms with van der Waals surface area (Å²) in [7, 11) is 0. The number of nitroso groups, excluding NO2 is 1. The molecule has 0 aliphatic rings. The molecule has 2 heteroatoms. The predicted octanol–water partition coefficient (Wildman–Crippen LogP) is 7.01. The standard InChI is InChI=1S/C18H37NO/c1-4-7-8-9-10-11-12-13-14-17-18(19-20,15-5-2)16-6-3/h4-17H2,1-3H3. The Balaban J connectivity index is 3.65. The van der Waals surface area contributed by atoms with E-state index in [9.17, 15) is 4.91 Å². The molecule has 120 valence electrons. The van der Waals surface area contributed by atoms with Gasteiger partial charge in [0.15, 0.2) is 0 Å².